The van der Waals surface area contributed by atoms with Gasteiger partial charge in [-0.2, -0.15) is 5.10 Å². The summed E-state index contributed by atoms with van der Waals surface area (Å²) in [5.74, 6) is 0.545. The Bertz CT molecular complexity index is 708. The molecule has 4 rings (SSSR count). The van der Waals surface area contributed by atoms with Crippen molar-refractivity contribution in [3.63, 3.8) is 0 Å². The summed E-state index contributed by atoms with van der Waals surface area (Å²) in [5, 5.41) is 10.9. The van der Waals surface area contributed by atoms with Crippen molar-refractivity contribution in [1.29, 1.82) is 0 Å². The van der Waals surface area contributed by atoms with Crippen molar-refractivity contribution in [3.8, 4) is 0 Å². The van der Waals surface area contributed by atoms with Crippen molar-refractivity contribution in [1.82, 2.24) is 25.4 Å². The van der Waals surface area contributed by atoms with E-state index in [2.05, 4.69) is 20.5 Å². The van der Waals surface area contributed by atoms with Gasteiger partial charge in [-0.15, -0.1) is 0 Å². The van der Waals surface area contributed by atoms with Crippen LogP contribution in [0.15, 0.2) is 30.6 Å². The lowest BCUT2D eigenvalue weighted by Gasteiger charge is -2.36. The van der Waals surface area contributed by atoms with Gasteiger partial charge < -0.3 is 10.2 Å². The predicted octanol–water partition coefficient (Wildman–Crippen LogP) is 2.64. The van der Waals surface area contributed by atoms with Gasteiger partial charge in [0.2, 0.25) is 0 Å². The van der Waals surface area contributed by atoms with Crippen molar-refractivity contribution in [2.24, 2.45) is 0 Å². The van der Waals surface area contributed by atoms with Crippen LogP contribution in [0.3, 0.4) is 0 Å². The highest BCUT2D eigenvalue weighted by molar-refractivity contribution is 5.92. The molecule has 2 N–H and O–H groups in total. The van der Waals surface area contributed by atoms with Gasteiger partial charge in [0.1, 0.15) is 5.69 Å². The normalized spacial score (nSPS) is 22.1. The van der Waals surface area contributed by atoms with E-state index >= 15 is 0 Å². The standard InChI is InChI=1S/C19H25N5O/c25-19(17-12-16(22-23-17)14-4-2-1-3-5-14)24-11-10-21-13-18(24)15-6-8-20-9-7-15/h6-9,12,14,18,21H,1-5,10-11,13H2,(H,22,23). The van der Waals surface area contributed by atoms with E-state index in [1.807, 2.05) is 23.1 Å². The van der Waals surface area contributed by atoms with Crippen LogP contribution in [0.4, 0.5) is 0 Å². The maximum atomic E-state index is 13.1. The Morgan fingerprint density at radius 2 is 1.96 bits per heavy atom. The van der Waals surface area contributed by atoms with E-state index in [0.29, 0.717) is 18.2 Å². The summed E-state index contributed by atoms with van der Waals surface area (Å²) < 4.78 is 0. The summed E-state index contributed by atoms with van der Waals surface area (Å²) in [4.78, 5) is 19.1. The molecule has 2 aliphatic rings. The molecule has 132 valence electrons. The number of nitrogens with one attached hydrogen (secondary N) is 2. The highest BCUT2D eigenvalue weighted by Crippen LogP contribution is 2.32. The van der Waals surface area contributed by atoms with Crippen LogP contribution >= 0.6 is 0 Å². The fourth-order valence-corrected chi connectivity index (χ4v) is 4.05. The number of piperazine rings is 1. The van der Waals surface area contributed by atoms with Gasteiger partial charge in [0.05, 0.1) is 6.04 Å². The zero-order valence-electron chi connectivity index (χ0n) is 14.4. The summed E-state index contributed by atoms with van der Waals surface area (Å²) in [6.45, 7) is 2.26. The van der Waals surface area contributed by atoms with Crippen molar-refractivity contribution in [2.45, 2.75) is 44.1 Å². The fourth-order valence-electron chi connectivity index (χ4n) is 4.05. The average Bonchev–Trinajstić information content (AvgIpc) is 3.19. The van der Waals surface area contributed by atoms with Gasteiger partial charge >= 0.3 is 0 Å². The number of pyridine rings is 1. The van der Waals surface area contributed by atoms with Crippen LogP contribution in [0, 0.1) is 0 Å². The second-order valence-electron chi connectivity index (χ2n) is 7.04. The van der Waals surface area contributed by atoms with Gasteiger partial charge in [0, 0.05) is 43.6 Å². The third kappa shape index (κ3) is 3.44. The Morgan fingerprint density at radius 3 is 2.76 bits per heavy atom. The Labute approximate surface area is 148 Å². The summed E-state index contributed by atoms with van der Waals surface area (Å²) in [6, 6.07) is 5.97. The first-order valence-electron chi connectivity index (χ1n) is 9.30. The summed E-state index contributed by atoms with van der Waals surface area (Å²) in [7, 11) is 0. The maximum absolute atomic E-state index is 13.1. The first-order valence-corrected chi connectivity index (χ1v) is 9.30. The summed E-state index contributed by atoms with van der Waals surface area (Å²) in [5.41, 5.74) is 2.78. The molecule has 25 heavy (non-hydrogen) atoms. The quantitative estimate of drug-likeness (QED) is 0.901. The molecule has 1 atom stereocenters. The number of aromatic amines is 1. The number of hydrogen-bond acceptors (Lipinski definition) is 4. The number of carbonyl (C=O) groups excluding carboxylic acids is 1. The third-order valence-corrected chi connectivity index (χ3v) is 5.46. The van der Waals surface area contributed by atoms with Gasteiger partial charge in [-0.1, -0.05) is 19.3 Å². The molecule has 1 amide bonds. The van der Waals surface area contributed by atoms with Crippen LogP contribution in [0.2, 0.25) is 0 Å². The number of rotatable bonds is 3. The van der Waals surface area contributed by atoms with Crippen molar-refractivity contribution >= 4 is 5.91 Å². The molecule has 3 heterocycles. The highest BCUT2D eigenvalue weighted by atomic mass is 16.2. The van der Waals surface area contributed by atoms with E-state index in [4.69, 9.17) is 0 Å². The molecule has 2 aromatic heterocycles. The molecule has 1 unspecified atom stereocenters. The minimum atomic E-state index is 0.0154. The molecule has 0 radical (unpaired) electrons. The predicted molar refractivity (Wildman–Crippen MR) is 95.3 cm³/mol. The summed E-state index contributed by atoms with van der Waals surface area (Å²) >= 11 is 0. The Kier molecular flexibility index (Phi) is 4.78. The Morgan fingerprint density at radius 1 is 1.16 bits per heavy atom. The molecular weight excluding hydrogens is 314 g/mol. The van der Waals surface area contributed by atoms with Crippen LogP contribution in [0.5, 0.6) is 0 Å². The minimum absolute atomic E-state index is 0.0154. The summed E-state index contributed by atoms with van der Waals surface area (Å²) in [6.07, 6.45) is 9.82. The molecule has 2 aromatic rings. The van der Waals surface area contributed by atoms with Crippen molar-refractivity contribution < 1.29 is 4.79 Å². The number of carbonyl (C=O) groups is 1. The van der Waals surface area contributed by atoms with Crippen LogP contribution in [0.25, 0.3) is 0 Å². The average molecular weight is 339 g/mol. The second kappa shape index (κ2) is 7.35. The van der Waals surface area contributed by atoms with Crippen LogP contribution in [0.1, 0.15) is 65.8 Å². The zero-order valence-corrected chi connectivity index (χ0v) is 14.4. The molecule has 1 saturated carbocycles. The monoisotopic (exact) mass is 339 g/mol. The Balaban J connectivity index is 1.53. The lowest BCUT2D eigenvalue weighted by atomic mass is 9.87. The number of nitrogens with zero attached hydrogens (tertiary/aromatic N) is 3. The molecular formula is C19H25N5O. The van der Waals surface area contributed by atoms with Crippen molar-refractivity contribution in [3.05, 3.63) is 47.5 Å². The van der Waals surface area contributed by atoms with E-state index in [-0.39, 0.29) is 11.9 Å². The van der Waals surface area contributed by atoms with Crippen LogP contribution in [-0.2, 0) is 0 Å². The van der Waals surface area contributed by atoms with E-state index in [9.17, 15) is 4.79 Å². The molecule has 0 aromatic carbocycles. The number of H-pyrrole nitrogens is 1. The van der Waals surface area contributed by atoms with Gasteiger partial charge in [-0.25, -0.2) is 0 Å². The lowest BCUT2D eigenvalue weighted by molar-refractivity contribution is 0.0628. The van der Waals surface area contributed by atoms with Gasteiger partial charge in [0.25, 0.3) is 5.91 Å². The number of aromatic nitrogens is 3. The first kappa shape index (κ1) is 16.3. The van der Waals surface area contributed by atoms with E-state index in [1.54, 1.807) is 12.4 Å². The van der Waals surface area contributed by atoms with Crippen LogP contribution < -0.4 is 5.32 Å². The van der Waals surface area contributed by atoms with Gasteiger partial charge in [-0.05, 0) is 36.6 Å². The molecule has 1 aliphatic heterocycles. The smallest absolute Gasteiger partial charge is 0.274 e. The molecule has 6 nitrogen and oxygen atoms in total. The second-order valence-corrected chi connectivity index (χ2v) is 7.04. The van der Waals surface area contributed by atoms with E-state index in [1.165, 1.54) is 32.1 Å². The van der Waals surface area contributed by atoms with Crippen LogP contribution in [-0.4, -0.2) is 45.6 Å². The molecule has 2 fully saturated rings. The van der Waals surface area contributed by atoms with E-state index < -0.39 is 0 Å². The number of amides is 1. The lowest BCUT2D eigenvalue weighted by Crippen LogP contribution is -2.48. The van der Waals surface area contributed by atoms with Crippen molar-refractivity contribution in [2.75, 3.05) is 19.6 Å². The molecule has 0 spiro atoms. The Hall–Kier alpha value is -2.21. The maximum Gasteiger partial charge on any atom is 0.274 e. The van der Waals surface area contributed by atoms with Gasteiger partial charge in [-0.3, -0.25) is 14.9 Å². The topological polar surface area (TPSA) is 73.9 Å². The molecule has 6 heteroatoms. The van der Waals surface area contributed by atoms with Gasteiger partial charge in [0.15, 0.2) is 0 Å². The fraction of sp³-hybridized carbons (Fsp3) is 0.526. The minimum Gasteiger partial charge on any atom is -0.328 e. The SMILES string of the molecule is O=C(c1cc(C2CCCCC2)[nH]n1)N1CCNCC1c1ccncc1. The molecule has 1 aliphatic carbocycles. The molecule has 1 saturated heterocycles. The third-order valence-electron chi connectivity index (χ3n) is 5.46. The molecule has 0 bridgehead atoms. The van der Waals surface area contributed by atoms with E-state index in [0.717, 1.165) is 24.3 Å². The zero-order chi connectivity index (χ0) is 17.1. The largest absolute Gasteiger partial charge is 0.328 e. The number of hydrogen-bond donors (Lipinski definition) is 2. The first-order chi connectivity index (χ1) is 12.3. The highest BCUT2D eigenvalue weighted by Gasteiger charge is 2.30.